The summed E-state index contributed by atoms with van der Waals surface area (Å²) >= 11 is 0. The number of esters is 2. The quantitative estimate of drug-likeness (QED) is 0.348. The first-order valence-electron chi connectivity index (χ1n) is 11.5. The minimum absolute atomic E-state index is 0.114. The Morgan fingerprint density at radius 1 is 0.946 bits per heavy atom. The van der Waals surface area contributed by atoms with Crippen LogP contribution < -0.4 is 10.2 Å². The molecule has 2 rings (SSSR count). The summed E-state index contributed by atoms with van der Waals surface area (Å²) in [6, 6.07) is 12.2. The molecule has 1 amide bonds. The van der Waals surface area contributed by atoms with E-state index in [0.29, 0.717) is 52.5 Å². The summed E-state index contributed by atoms with van der Waals surface area (Å²) in [5, 5.41) is 29.9. The fourth-order valence-electron chi connectivity index (χ4n) is 3.22. The molecule has 1 N–H and O–H groups in total. The average Bonchev–Trinajstić information content (AvgIpc) is 2.87. The molecular weight excluding hydrogens is 476 g/mol. The molecule has 2 aromatic rings. The minimum Gasteiger partial charge on any atom is -0.464 e. The van der Waals surface area contributed by atoms with Crippen LogP contribution >= 0.6 is 0 Å². The molecule has 37 heavy (non-hydrogen) atoms. The number of rotatable bonds is 11. The van der Waals surface area contributed by atoms with Gasteiger partial charge in [0.1, 0.15) is 18.9 Å². The van der Waals surface area contributed by atoms with Gasteiger partial charge in [-0.2, -0.15) is 15.6 Å². The molecule has 0 aliphatic carbocycles. The third-order valence-corrected chi connectivity index (χ3v) is 5.18. The summed E-state index contributed by atoms with van der Waals surface area (Å²) in [5.41, 5.74) is 2.91. The third kappa shape index (κ3) is 8.75. The molecule has 0 radical (unpaired) electrons. The number of carbonyl (C=O) groups is 3. The molecule has 0 atom stereocenters. The molecule has 0 bridgehead atoms. The van der Waals surface area contributed by atoms with E-state index in [4.69, 9.17) is 9.47 Å². The zero-order valence-corrected chi connectivity index (χ0v) is 21.2. The van der Waals surface area contributed by atoms with E-state index in [0.717, 1.165) is 0 Å². The van der Waals surface area contributed by atoms with Crippen molar-refractivity contribution in [1.29, 1.82) is 10.5 Å². The second-order valence-electron chi connectivity index (χ2n) is 7.86. The monoisotopic (exact) mass is 504 g/mol. The van der Waals surface area contributed by atoms with E-state index in [1.165, 1.54) is 26.0 Å². The lowest BCUT2D eigenvalue weighted by atomic mass is 10.0. The molecule has 0 aromatic heterocycles. The van der Waals surface area contributed by atoms with Crippen molar-refractivity contribution in [2.24, 2.45) is 10.2 Å². The highest BCUT2D eigenvalue weighted by Crippen LogP contribution is 2.32. The highest BCUT2D eigenvalue weighted by atomic mass is 16.5. The van der Waals surface area contributed by atoms with Crippen LogP contribution in [0.25, 0.3) is 0 Å². The summed E-state index contributed by atoms with van der Waals surface area (Å²) in [6.07, 6.45) is 0.235. The number of nitrogens with zero attached hydrogens (tertiary/aromatic N) is 5. The van der Waals surface area contributed by atoms with E-state index in [1.54, 1.807) is 32.0 Å². The van der Waals surface area contributed by atoms with Crippen molar-refractivity contribution in [3.63, 3.8) is 0 Å². The van der Waals surface area contributed by atoms with Gasteiger partial charge in [0.25, 0.3) is 0 Å². The van der Waals surface area contributed by atoms with Crippen LogP contribution in [0.4, 0.5) is 22.7 Å². The molecule has 0 unspecified atom stereocenters. The second-order valence-corrected chi connectivity index (χ2v) is 7.86. The van der Waals surface area contributed by atoms with Gasteiger partial charge in [-0.25, -0.2) is 0 Å². The van der Waals surface area contributed by atoms with Crippen LogP contribution in [0.15, 0.2) is 40.6 Å². The molecule has 0 saturated carbocycles. The maximum atomic E-state index is 12.2. The van der Waals surface area contributed by atoms with Crippen molar-refractivity contribution < 1.29 is 23.9 Å². The Morgan fingerprint density at radius 2 is 1.51 bits per heavy atom. The van der Waals surface area contributed by atoms with Crippen molar-refractivity contribution in [2.45, 2.75) is 34.1 Å². The lowest BCUT2D eigenvalue weighted by Crippen LogP contribution is -2.32. The molecule has 0 heterocycles. The first-order chi connectivity index (χ1) is 17.7. The first kappa shape index (κ1) is 28.5. The Labute approximate surface area is 215 Å². The molecule has 11 nitrogen and oxygen atoms in total. The van der Waals surface area contributed by atoms with Gasteiger partial charge >= 0.3 is 11.9 Å². The van der Waals surface area contributed by atoms with Crippen molar-refractivity contribution in [1.82, 2.24) is 0 Å². The number of benzene rings is 2. The van der Waals surface area contributed by atoms with E-state index in [1.807, 2.05) is 17.0 Å². The van der Waals surface area contributed by atoms with Crippen LogP contribution in [0, 0.1) is 29.6 Å². The maximum absolute atomic E-state index is 12.2. The predicted molar refractivity (Wildman–Crippen MR) is 136 cm³/mol. The summed E-state index contributed by atoms with van der Waals surface area (Å²) in [6.45, 7) is 6.89. The fourth-order valence-corrected chi connectivity index (χ4v) is 3.22. The summed E-state index contributed by atoms with van der Waals surface area (Å²) < 4.78 is 10.1. The molecule has 0 aliphatic heterocycles. The minimum atomic E-state index is -0.415. The lowest BCUT2D eigenvalue weighted by molar-refractivity contribution is -0.141. The van der Waals surface area contributed by atoms with Gasteiger partial charge < -0.3 is 19.7 Å². The Balaban J connectivity index is 2.43. The maximum Gasteiger partial charge on any atom is 0.302 e. The van der Waals surface area contributed by atoms with Crippen LogP contribution in [-0.2, 0) is 23.9 Å². The predicted octanol–water partition coefficient (Wildman–Crippen LogP) is 4.43. The molecule has 0 aliphatic rings. The topological polar surface area (TPSA) is 157 Å². The smallest absolute Gasteiger partial charge is 0.302 e. The number of carbonyl (C=O) groups excluding carboxylic acids is 3. The fraction of sp³-hybridized carbons (Fsp3) is 0.346. The second kappa shape index (κ2) is 14.0. The van der Waals surface area contributed by atoms with Crippen LogP contribution in [-0.4, -0.2) is 44.1 Å². The SMILES string of the molecule is CCC(=O)Nc1cc(N(CCOC(C)=O)CCOC(C)=O)ccc1N=Nc1cc(C#N)c(C)c(C#N)c1. The Morgan fingerprint density at radius 3 is 2.00 bits per heavy atom. The summed E-state index contributed by atoms with van der Waals surface area (Å²) in [5.74, 6) is -1.07. The first-order valence-corrected chi connectivity index (χ1v) is 11.5. The normalized spacial score (nSPS) is 10.3. The van der Waals surface area contributed by atoms with Crippen LogP contribution in [0.2, 0.25) is 0 Å². The number of anilines is 2. The van der Waals surface area contributed by atoms with Gasteiger partial charge in [0, 0.05) is 26.0 Å². The molecular formula is C26H28N6O5. The average molecular weight is 505 g/mol. The highest BCUT2D eigenvalue weighted by Gasteiger charge is 2.14. The van der Waals surface area contributed by atoms with Crippen LogP contribution in [0.5, 0.6) is 0 Å². The van der Waals surface area contributed by atoms with Gasteiger partial charge in [-0.15, -0.1) is 5.11 Å². The van der Waals surface area contributed by atoms with Crippen molar-refractivity contribution in [3.05, 3.63) is 47.0 Å². The van der Waals surface area contributed by atoms with E-state index >= 15 is 0 Å². The van der Waals surface area contributed by atoms with Crippen molar-refractivity contribution in [2.75, 3.05) is 36.5 Å². The number of hydrogen-bond donors (Lipinski definition) is 1. The van der Waals surface area contributed by atoms with E-state index in [2.05, 4.69) is 15.5 Å². The standard InChI is InChI=1S/C26H28N6O5/c1-5-26(35)29-25-14-23(32(8-10-36-18(3)33)9-11-37-19(4)34)6-7-24(25)31-30-22-12-20(15-27)17(2)21(13-22)16-28/h6-7,12-14H,5,8-11H2,1-4H3,(H,29,35). The molecule has 192 valence electrons. The van der Waals surface area contributed by atoms with Crippen LogP contribution in [0.3, 0.4) is 0 Å². The number of amides is 1. The molecule has 0 saturated heterocycles. The van der Waals surface area contributed by atoms with Gasteiger partial charge in [0.15, 0.2) is 0 Å². The van der Waals surface area contributed by atoms with E-state index in [-0.39, 0.29) is 25.5 Å². The lowest BCUT2D eigenvalue weighted by Gasteiger charge is -2.25. The highest BCUT2D eigenvalue weighted by molar-refractivity contribution is 5.94. The van der Waals surface area contributed by atoms with E-state index < -0.39 is 11.9 Å². The molecule has 0 fully saturated rings. The largest absolute Gasteiger partial charge is 0.464 e. The zero-order valence-electron chi connectivity index (χ0n) is 21.2. The van der Waals surface area contributed by atoms with Gasteiger partial charge in [0.05, 0.1) is 47.7 Å². The Hall–Kier alpha value is -4.77. The van der Waals surface area contributed by atoms with Gasteiger partial charge in [-0.05, 0) is 42.8 Å². The number of nitrogens with one attached hydrogen (secondary N) is 1. The molecule has 11 heteroatoms. The van der Waals surface area contributed by atoms with Crippen molar-refractivity contribution >= 4 is 40.6 Å². The van der Waals surface area contributed by atoms with Gasteiger partial charge in [0.2, 0.25) is 5.91 Å². The number of azo groups is 1. The molecule has 2 aromatic carbocycles. The summed E-state index contributed by atoms with van der Waals surface area (Å²) in [4.78, 5) is 36.4. The van der Waals surface area contributed by atoms with Crippen molar-refractivity contribution in [3.8, 4) is 12.1 Å². The summed E-state index contributed by atoms with van der Waals surface area (Å²) in [7, 11) is 0. The number of nitriles is 2. The van der Waals surface area contributed by atoms with Gasteiger partial charge in [-0.3, -0.25) is 14.4 Å². The molecule has 0 spiro atoms. The number of ether oxygens (including phenoxy) is 2. The zero-order chi connectivity index (χ0) is 27.4. The third-order valence-electron chi connectivity index (χ3n) is 5.18. The van der Waals surface area contributed by atoms with Crippen LogP contribution in [0.1, 0.15) is 43.9 Å². The Bertz CT molecular complexity index is 1220. The Kier molecular flexibility index (Phi) is 10.7. The van der Waals surface area contributed by atoms with E-state index in [9.17, 15) is 24.9 Å². The number of hydrogen-bond acceptors (Lipinski definition) is 10. The van der Waals surface area contributed by atoms with Gasteiger partial charge in [-0.1, -0.05) is 6.92 Å².